The van der Waals surface area contributed by atoms with Gasteiger partial charge in [-0.05, 0) is 31.5 Å². The number of unbranched alkanes of at least 4 members (excludes halogenated alkanes) is 1. The number of carbonyl (C=O) groups excluding carboxylic acids is 1. The molecule has 116 valence electrons. The Morgan fingerprint density at radius 1 is 1.29 bits per heavy atom. The number of amides is 2. The number of carboxylic acid groups (broad SMARTS) is 1. The van der Waals surface area contributed by atoms with Gasteiger partial charge in [-0.3, -0.25) is 9.69 Å². The highest BCUT2D eigenvalue weighted by Gasteiger charge is 2.23. The molecule has 0 radical (unpaired) electrons. The molecule has 0 bridgehead atoms. The summed E-state index contributed by atoms with van der Waals surface area (Å²) in [4.78, 5) is 26.5. The maximum Gasteiger partial charge on any atom is 0.325 e. The number of hydrogen-bond acceptors (Lipinski definition) is 2. The molecule has 2 amide bonds. The van der Waals surface area contributed by atoms with Gasteiger partial charge >= 0.3 is 12.0 Å². The molecule has 0 aliphatic heterocycles. The Balaban J connectivity index is 3.00. The first-order chi connectivity index (χ1) is 9.99. The van der Waals surface area contributed by atoms with Crippen LogP contribution >= 0.6 is 11.6 Å². The number of rotatable bonds is 7. The number of carboxylic acids is 1. The van der Waals surface area contributed by atoms with Gasteiger partial charge in [0, 0.05) is 23.8 Å². The van der Waals surface area contributed by atoms with Gasteiger partial charge in [-0.15, -0.1) is 0 Å². The van der Waals surface area contributed by atoms with E-state index in [1.165, 1.54) is 4.90 Å². The number of aliphatic carboxylic acids is 1. The van der Waals surface area contributed by atoms with Crippen molar-refractivity contribution in [1.29, 1.82) is 0 Å². The zero-order valence-electron chi connectivity index (χ0n) is 12.4. The minimum absolute atomic E-state index is 0.310. The predicted molar refractivity (Wildman–Crippen MR) is 84.0 cm³/mol. The normalized spacial score (nSPS) is 10.2. The lowest BCUT2D eigenvalue weighted by Crippen LogP contribution is -2.46. The van der Waals surface area contributed by atoms with Crippen molar-refractivity contribution in [2.24, 2.45) is 0 Å². The van der Waals surface area contributed by atoms with Gasteiger partial charge in [0.15, 0.2) is 0 Å². The molecule has 21 heavy (non-hydrogen) atoms. The van der Waals surface area contributed by atoms with Crippen LogP contribution in [0.1, 0.15) is 26.7 Å². The van der Waals surface area contributed by atoms with Gasteiger partial charge in [0.25, 0.3) is 0 Å². The first kappa shape index (κ1) is 17.3. The summed E-state index contributed by atoms with van der Waals surface area (Å²) in [6.45, 7) is 4.69. The van der Waals surface area contributed by atoms with E-state index in [2.05, 4.69) is 0 Å². The number of hydrogen-bond donors (Lipinski definition) is 1. The molecule has 1 aromatic carbocycles. The topological polar surface area (TPSA) is 60.9 Å². The third-order valence-corrected chi connectivity index (χ3v) is 3.31. The molecule has 0 aliphatic carbocycles. The van der Waals surface area contributed by atoms with E-state index in [1.54, 1.807) is 29.2 Å². The molecule has 0 saturated carbocycles. The molecule has 0 fully saturated rings. The summed E-state index contributed by atoms with van der Waals surface area (Å²) in [5, 5.41) is 9.51. The fraction of sp³-hybridized carbons (Fsp3) is 0.467. The van der Waals surface area contributed by atoms with Crippen LogP contribution in [0.4, 0.5) is 10.5 Å². The molecular formula is C15H21ClN2O3. The van der Waals surface area contributed by atoms with Crippen LogP contribution < -0.4 is 4.90 Å². The smallest absolute Gasteiger partial charge is 0.325 e. The molecule has 0 saturated heterocycles. The van der Waals surface area contributed by atoms with Crippen molar-refractivity contribution in [1.82, 2.24) is 4.90 Å². The van der Waals surface area contributed by atoms with E-state index >= 15 is 0 Å². The summed E-state index contributed by atoms with van der Waals surface area (Å²) in [6, 6.07) is 6.34. The fourth-order valence-corrected chi connectivity index (χ4v) is 2.14. The summed E-state index contributed by atoms with van der Waals surface area (Å²) in [5.41, 5.74) is 0.491. The van der Waals surface area contributed by atoms with Gasteiger partial charge in [-0.2, -0.15) is 0 Å². The van der Waals surface area contributed by atoms with Gasteiger partial charge in [0.05, 0.1) is 0 Å². The third-order valence-electron chi connectivity index (χ3n) is 3.08. The Morgan fingerprint density at radius 2 is 2.00 bits per heavy atom. The second-order valence-corrected chi connectivity index (χ2v) is 5.11. The zero-order chi connectivity index (χ0) is 15.8. The Morgan fingerprint density at radius 3 is 2.52 bits per heavy atom. The Labute approximate surface area is 130 Å². The SMILES string of the molecule is CCCCN(CC)C(=O)N(CC(=O)O)c1cccc(Cl)c1. The van der Waals surface area contributed by atoms with Crippen LogP contribution in [0.15, 0.2) is 24.3 Å². The second kappa shape index (κ2) is 8.52. The van der Waals surface area contributed by atoms with Crippen molar-refractivity contribution in [3.8, 4) is 0 Å². The number of urea groups is 1. The highest BCUT2D eigenvalue weighted by molar-refractivity contribution is 6.30. The van der Waals surface area contributed by atoms with E-state index in [0.29, 0.717) is 23.8 Å². The largest absolute Gasteiger partial charge is 0.480 e. The fourth-order valence-electron chi connectivity index (χ4n) is 1.96. The molecule has 6 heteroatoms. The van der Waals surface area contributed by atoms with E-state index in [4.69, 9.17) is 16.7 Å². The number of anilines is 1. The number of halogens is 1. The Bertz CT molecular complexity index is 494. The summed E-state index contributed by atoms with van der Waals surface area (Å²) >= 11 is 5.93. The average molecular weight is 313 g/mol. The number of carbonyl (C=O) groups is 2. The van der Waals surface area contributed by atoms with E-state index < -0.39 is 5.97 Å². The highest BCUT2D eigenvalue weighted by Crippen LogP contribution is 2.21. The van der Waals surface area contributed by atoms with Crippen molar-refractivity contribution in [3.63, 3.8) is 0 Å². The van der Waals surface area contributed by atoms with Crippen LogP contribution in [-0.2, 0) is 4.79 Å². The van der Waals surface area contributed by atoms with Gasteiger partial charge in [0.1, 0.15) is 6.54 Å². The van der Waals surface area contributed by atoms with E-state index in [9.17, 15) is 9.59 Å². The van der Waals surface area contributed by atoms with Gasteiger partial charge in [-0.1, -0.05) is 31.0 Å². The van der Waals surface area contributed by atoms with Crippen LogP contribution in [0.5, 0.6) is 0 Å². The lowest BCUT2D eigenvalue weighted by Gasteiger charge is -2.29. The van der Waals surface area contributed by atoms with E-state index in [1.807, 2.05) is 13.8 Å². The molecule has 5 nitrogen and oxygen atoms in total. The van der Waals surface area contributed by atoms with Gasteiger partial charge in [0.2, 0.25) is 0 Å². The molecule has 0 atom stereocenters. The van der Waals surface area contributed by atoms with E-state index in [0.717, 1.165) is 12.8 Å². The Kier molecular flexibility index (Phi) is 7.02. The summed E-state index contributed by atoms with van der Waals surface area (Å²) < 4.78 is 0. The molecule has 1 N–H and O–H groups in total. The molecule has 0 spiro atoms. The molecular weight excluding hydrogens is 292 g/mol. The minimum atomic E-state index is -1.06. The predicted octanol–water partition coefficient (Wildman–Crippen LogP) is 3.47. The van der Waals surface area contributed by atoms with Crippen molar-refractivity contribution in [2.45, 2.75) is 26.7 Å². The van der Waals surface area contributed by atoms with Crippen molar-refractivity contribution in [3.05, 3.63) is 29.3 Å². The lowest BCUT2D eigenvalue weighted by molar-refractivity contribution is -0.135. The van der Waals surface area contributed by atoms with Crippen LogP contribution in [0.2, 0.25) is 5.02 Å². The number of nitrogens with zero attached hydrogens (tertiary/aromatic N) is 2. The lowest BCUT2D eigenvalue weighted by atomic mass is 10.2. The van der Waals surface area contributed by atoms with Crippen molar-refractivity contribution >= 4 is 29.3 Å². The molecule has 0 aliphatic rings. The summed E-state index contributed by atoms with van der Waals surface area (Å²) in [6.07, 6.45) is 1.86. The molecule has 0 aromatic heterocycles. The highest BCUT2D eigenvalue weighted by atomic mass is 35.5. The maximum absolute atomic E-state index is 12.6. The molecule has 0 unspecified atom stereocenters. The molecule has 1 rings (SSSR count). The van der Waals surface area contributed by atoms with Crippen molar-refractivity contribution < 1.29 is 14.7 Å². The quantitative estimate of drug-likeness (QED) is 0.838. The van der Waals surface area contributed by atoms with Crippen LogP contribution in [0.25, 0.3) is 0 Å². The molecule has 0 heterocycles. The van der Waals surface area contributed by atoms with Crippen molar-refractivity contribution in [2.75, 3.05) is 24.5 Å². The van der Waals surface area contributed by atoms with Gasteiger partial charge in [-0.25, -0.2) is 4.79 Å². The zero-order valence-corrected chi connectivity index (χ0v) is 13.1. The second-order valence-electron chi connectivity index (χ2n) is 4.68. The minimum Gasteiger partial charge on any atom is -0.480 e. The summed E-state index contributed by atoms with van der Waals surface area (Å²) in [7, 11) is 0. The average Bonchev–Trinajstić information content (AvgIpc) is 2.45. The number of benzene rings is 1. The third kappa shape index (κ3) is 5.27. The van der Waals surface area contributed by atoms with E-state index in [-0.39, 0.29) is 12.6 Å². The maximum atomic E-state index is 12.6. The van der Waals surface area contributed by atoms with Gasteiger partial charge < -0.3 is 10.0 Å². The first-order valence-corrected chi connectivity index (χ1v) is 7.41. The monoisotopic (exact) mass is 312 g/mol. The molecule has 1 aromatic rings. The van der Waals surface area contributed by atoms with Crippen LogP contribution in [-0.4, -0.2) is 41.6 Å². The van der Waals surface area contributed by atoms with Crippen LogP contribution in [0.3, 0.4) is 0 Å². The first-order valence-electron chi connectivity index (χ1n) is 7.03. The standard InChI is InChI=1S/C15H21ClN2O3/c1-3-5-9-17(4-2)15(21)18(11-14(19)20)13-8-6-7-12(16)10-13/h6-8,10H,3-5,9,11H2,1-2H3,(H,19,20). The Hall–Kier alpha value is -1.75. The van der Waals surface area contributed by atoms with Crippen LogP contribution in [0, 0.1) is 0 Å². The summed E-state index contributed by atoms with van der Waals surface area (Å²) in [5.74, 6) is -1.06.